The lowest BCUT2D eigenvalue weighted by molar-refractivity contribution is -0.131. The molecule has 4 N–H and O–H groups in total. The van der Waals surface area contributed by atoms with Gasteiger partial charge in [0.2, 0.25) is 0 Å². The number of aliphatic hydroxyl groups is 3. The van der Waals surface area contributed by atoms with Crippen molar-refractivity contribution < 1.29 is 29.6 Å². The van der Waals surface area contributed by atoms with Crippen LogP contribution in [0.25, 0.3) is 6.08 Å². The van der Waals surface area contributed by atoms with E-state index in [2.05, 4.69) is 0 Å². The van der Waals surface area contributed by atoms with E-state index in [9.17, 15) is 19.4 Å². The molecule has 5 nitrogen and oxygen atoms in total. The van der Waals surface area contributed by atoms with Crippen molar-refractivity contribution in [3.63, 3.8) is 0 Å². The Bertz CT molecular complexity index is 472. The smallest absolute Gasteiger partial charge is 0.328 e. The molecule has 0 amide bonds. The van der Waals surface area contributed by atoms with Gasteiger partial charge in [0.25, 0.3) is 0 Å². The van der Waals surface area contributed by atoms with E-state index in [4.69, 9.17) is 10.2 Å². The van der Waals surface area contributed by atoms with Gasteiger partial charge in [-0.15, -0.1) is 0 Å². The van der Waals surface area contributed by atoms with E-state index in [0.717, 1.165) is 18.2 Å². The minimum Gasteiger partial charge on any atom is -0.478 e. The van der Waals surface area contributed by atoms with E-state index in [0.29, 0.717) is 0 Å². The molecule has 0 spiro atoms. The lowest BCUT2D eigenvalue weighted by atomic mass is 10.00. The highest BCUT2D eigenvalue weighted by Crippen LogP contribution is 2.22. The topological polar surface area (TPSA) is 98.0 Å². The van der Waals surface area contributed by atoms with Crippen LogP contribution in [0.15, 0.2) is 24.3 Å². The van der Waals surface area contributed by atoms with Gasteiger partial charge in [0.15, 0.2) is 0 Å². The second-order valence-electron chi connectivity index (χ2n) is 3.98. The Kier molecular flexibility index (Phi) is 5.62. The molecule has 0 bridgehead atoms. The molecule has 19 heavy (non-hydrogen) atoms. The molecule has 1 rings (SSSR count). The van der Waals surface area contributed by atoms with Gasteiger partial charge in [0.05, 0.1) is 6.10 Å². The highest BCUT2D eigenvalue weighted by Gasteiger charge is 2.18. The summed E-state index contributed by atoms with van der Waals surface area (Å²) in [6.07, 6.45) is -0.624. The van der Waals surface area contributed by atoms with E-state index in [1.807, 2.05) is 0 Å². The van der Waals surface area contributed by atoms with E-state index in [-0.39, 0.29) is 24.2 Å². The van der Waals surface area contributed by atoms with Crippen molar-refractivity contribution in [2.24, 2.45) is 0 Å². The Morgan fingerprint density at radius 2 is 2.05 bits per heavy atom. The van der Waals surface area contributed by atoms with Gasteiger partial charge in [0.1, 0.15) is 11.9 Å². The predicted octanol–water partition coefficient (Wildman–Crippen LogP) is 0.700. The van der Waals surface area contributed by atoms with Crippen LogP contribution in [0, 0.1) is 5.82 Å². The Hall–Kier alpha value is -1.76. The standard InChI is InChI=1S/C13H15FO5/c14-10-3-1-9(13(19)11(16)5-6-15)7-8(10)2-4-12(17)18/h1-4,7,11,13,15-16,19H,5-6H2,(H,17,18)/b4-2+. The van der Waals surface area contributed by atoms with Crippen LogP contribution in [0.2, 0.25) is 0 Å². The molecule has 104 valence electrons. The number of aliphatic carboxylic acids is 1. The minimum absolute atomic E-state index is 0.00449. The van der Waals surface area contributed by atoms with Crippen molar-refractivity contribution in [2.45, 2.75) is 18.6 Å². The molecule has 0 saturated carbocycles. The average Bonchev–Trinajstić information content (AvgIpc) is 2.37. The summed E-state index contributed by atoms with van der Waals surface area (Å²) < 4.78 is 13.4. The normalized spacial score (nSPS) is 14.5. The molecule has 0 fully saturated rings. The minimum atomic E-state index is -1.27. The number of halogens is 1. The third-order valence-electron chi connectivity index (χ3n) is 2.56. The lowest BCUT2D eigenvalue weighted by Gasteiger charge is -2.17. The number of rotatable bonds is 6. The molecular weight excluding hydrogens is 255 g/mol. The molecule has 2 atom stereocenters. The lowest BCUT2D eigenvalue weighted by Crippen LogP contribution is -2.19. The Labute approximate surface area is 109 Å². The van der Waals surface area contributed by atoms with Gasteiger partial charge in [-0.3, -0.25) is 0 Å². The second kappa shape index (κ2) is 6.98. The monoisotopic (exact) mass is 270 g/mol. The Morgan fingerprint density at radius 3 is 2.63 bits per heavy atom. The van der Waals surface area contributed by atoms with E-state index in [1.165, 1.54) is 12.1 Å². The van der Waals surface area contributed by atoms with Crippen LogP contribution in [0.4, 0.5) is 4.39 Å². The zero-order chi connectivity index (χ0) is 14.4. The maximum absolute atomic E-state index is 13.4. The number of carboxylic acids is 1. The average molecular weight is 270 g/mol. The summed E-state index contributed by atoms with van der Waals surface area (Å²) >= 11 is 0. The summed E-state index contributed by atoms with van der Waals surface area (Å²) in [5.74, 6) is -1.85. The van der Waals surface area contributed by atoms with E-state index >= 15 is 0 Å². The third kappa shape index (κ3) is 4.44. The molecule has 0 aliphatic rings. The van der Waals surface area contributed by atoms with Crippen molar-refractivity contribution in [3.8, 4) is 0 Å². The van der Waals surface area contributed by atoms with Crippen molar-refractivity contribution >= 4 is 12.0 Å². The molecule has 0 heterocycles. The van der Waals surface area contributed by atoms with Crippen LogP contribution in [0.5, 0.6) is 0 Å². The quantitative estimate of drug-likeness (QED) is 0.570. The first-order valence-electron chi connectivity index (χ1n) is 5.63. The number of aliphatic hydroxyl groups excluding tert-OH is 3. The fraction of sp³-hybridized carbons (Fsp3) is 0.308. The summed E-state index contributed by atoms with van der Waals surface area (Å²) in [6, 6.07) is 3.62. The highest BCUT2D eigenvalue weighted by atomic mass is 19.1. The van der Waals surface area contributed by atoms with E-state index in [1.54, 1.807) is 0 Å². The second-order valence-corrected chi connectivity index (χ2v) is 3.98. The molecule has 0 radical (unpaired) electrons. The molecule has 2 unspecified atom stereocenters. The molecule has 1 aromatic rings. The largest absolute Gasteiger partial charge is 0.478 e. The highest BCUT2D eigenvalue weighted by molar-refractivity contribution is 5.85. The number of hydrogen-bond donors (Lipinski definition) is 4. The van der Waals surface area contributed by atoms with Crippen LogP contribution in [-0.4, -0.2) is 39.1 Å². The fourth-order valence-electron chi connectivity index (χ4n) is 1.55. The first-order valence-corrected chi connectivity index (χ1v) is 5.63. The summed E-state index contributed by atoms with van der Waals surface area (Å²) in [5, 5.41) is 36.5. The number of benzene rings is 1. The summed E-state index contributed by atoms with van der Waals surface area (Å²) in [7, 11) is 0. The number of hydrogen-bond acceptors (Lipinski definition) is 4. The van der Waals surface area contributed by atoms with Crippen molar-refractivity contribution in [3.05, 3.63) is 41.2 Å². The maximum atomic E-state index is 13.4. The molecule has 0 aliphatic heterocycles. The third-order valence-corrected chi connectivity index (χ3v) is 2.56. The fourth-order valence-corrected chi connectivity index (χ4v) is 1.55. The molecule has 6 heteroatoms. The maximum Gasteiger partial charge on any atom is 0.328 e. The number of carboxylic acid groups (broad SMARTS) is 1. The summed E-state index contributed by atoms with van der Waals surface area (Å²) in [6.45, 7) is -0.287. The molecule has 1 aromatic carbocycles. The zero-order valence-corrected chi connectivity index (χ0v) is 10.0. The van der Waals surface area contributed by atoms with Crippen LogP contribution in [-0.2, 0) is 4.79 Å². The molecular formula is C13H15FO5. The van der Waals surface area contributed by atoms with Crippen molar-refractivity contribution in [1.29, 1.82) is 0 Å². The molecule has 0 aromatic heterocycles. The number of carbonyl (C=O) groups is 1. The summed E-state index contributed by atoms with van der Waals surface area (Å²) in [4.78, 5) is 10.4. The summed E-state index contributed by atoms with van der Waals surface area (Å²) in [5.41, 5.74) is 0.238. The van der Waals surface area contributed by atoms with Gasteiger partial charge in [-0.25, -0.2) is 9.18 Å². The molecule has 0 saturated heterocycles. The van der Waals surface area contributed by atoms with Gasteiger partial charge in [-0.2, -0.15) is 0 Å². The Morgan fingerprint density at radius 1 is 1.37 bits per heavy atom. The van der Waals surface area contributed by atoms with Crippen LogP contribution < -0.4 is 0 Å². The van der Waals surface area contributed by atoms with Gasteiger partial charge in [-0.05, 0) is 30.2 Å². The molecule has 0 aliphatic carbocycles. The van der Waals surface area contributed by atoms with Gasteiger partial charge < -0.3 is 20.4 Å². The Balaban J connectivity index is 2.98. The first kappa shape index (κ1) is 15.3. The zero-order valence-electron chi connectivity index (χ0n) is 10.0. The first-order chi connectivity index (χ1) is 8.95. The van der Waals surface area contributed by atoms with Crippen molar-refractivity contribution in [2.75, 3.05) is 6.61 Å². The van der Waals surface area contributed by atoms with E-state index < -0.39 is 24.0 Å². The van der Waals surface area contributed by atoms with Crippen LogP contribution >= 0.6 is 0 Å². The van der Waals surface area contributed by atoms with Crippen LogP contribution in [0.3, 0.4) is 0 Å². The predicted molar refractivity (Wildman–Crippen MR) is 65.7 cm³/mol. The van der Waals surface area contributed by atoms with Crippen LogP contribution in [0.1, 0.15) is 23.7 Å². The van der Waals surface area contributed by atoms with Crippen molar-refractivity contribution in [1.82, 2.24) is 0 Å². The van der Waals surface area contributed by atoms with Gasteiger partial charge in [-0.1, -0.05) is 6.07 Å². The van der Waals surface area contributed by atoms with Gasteiger partial charge in [0, 0.05) is 18.2 Å². The SMILES string of the molecule is O=C(O)/C=C/c1cc(C(O)C(O)CCO)ccc1F. The van der Waals surface area contributed by atoms with Gasteiger partial charge >= 0.3 is 5.97 Å².